The molecule has 1 atom stereocenters. The van der Waals surface area contributed by atoms with Crippen LogP contribution in [0.15, 0.2) is 47.4 Å². The standard InChI is InChI=1S/C34H41N3O8S2/c1-8-25(46-21-13-10-12-20(18-21)35-30(39)28-23(42-6)14-11-15-24(28)43-7)29(38)36-31-27(32(40)44-9-2)22-16-17-37(19-26(22)47-31)33(41)45-34(3,4)5/h10-15,18,25H,8-9,16-17,19H2,1-7H3,(H,35,39)(H,36,38). The smallest absolute Gasteiger partial charge is 0.410 e. The lowest BCUT2D eigenvalue weighted by molar-refractivity contribution is -0.115. The van der Waals surface area contributed by atoms with Gasteiger partial charge in [-0.1, -0.05) is 19.1 Å². The van der Waals surface area contributed by atoms with Gasteiger partial charge in [-0.05, 0) is 76.4 Å². The largest absolute Gasteiger partial charge is 0.496 e. The number of ether oxygens (including phenoxy) is 4. The van der Waals surface area contributed by atoms with E-state index in [-0.39, 0.29) is 24.6 Å². The maximum absolute atomic E-state index is 13.7. The number of hydrogen-bond donors (Lipinski definition) is 2. The number of benzene rings is 2. The molecule has 0 saturated carbocycles. The fourth-order valence-corrected chi connectivity index (χ4v) is 7.26. The lowest BCUT2D eigenvalue weighted by Crippen LogP contribution is -2.39. The highest BCUT2D eigenvalue weighted by molar-refractivity contribution is 8.00. The van der Waals surface area contributed by atoms with Gasteiger partial charge in [0.25, 0.3) is 5.91 Å². The number of fused-ring (bicyclic) bond motifs is 1. The summed E-state index contributed by atoms with van der Waals surface area (Å²) in [6.45, 7) is 9.90. The van der Waals surface area contributed by atoms with Gasteiger partial charge in [0.2, 0.25) is 5.91 Å². The number of rotatable bonds is 11. The van der Waals surface area contributed by atoms with Crippen molar-refractivity contribution in [2.45, 2.75) is 69.8 Å². The highest BCUT2D eigenvalue weighted by atomic mass is 32.2. The molecular weight excluding hydrogens is 643 g/mol. The van der Waals surface area contributed by atoms with Gasteiger partial charge < -0.3 is 34.5 Å². The van der Waals surface area contributed by atoms with Crippen LogP contribution in [0.3, 0.4) is 0 Å². The Morgan fingerprint density at radius 1 is 0.979 bits per heavy atom. The molecule has 0 spiro atoms. The SMILES string of the molecule is CCOC(=O)c1c(NC(=O)C(CC)Sc2cccc(NC(=O)c3c(OC)cccc3OC)c2)sc2c1CCN(C(=O)OC(C)(C)C)C2. The molecule has 1 aromatic heterocycles. The van der Waals surface area contributed by atoms with Crippen molar-refractivity contribution in [1.82, 2.24) is 4.90 Å². The second-order valence-corrected chi connectivity index (χ2v) is 14.0. The van der Waals surface area contributed by atoms with E-state index in [0.29, 0.717) is 47.1 Å². The number of thioether (sulfide) groups is 1. The van der Waals surface area contributed by atoms with Crippen LogP contribution >= 0.6 is 23.1 Å². The molecule has 1 aliphatic heterocycles. The van der Waals surface area contributed by atoms with Gasteiger partial charge in [-0.15, -0.1) is 23.1 Å². The maximum Gasteiger partial charge on any atom is 0.410 e. The normalized spacial score (nSPS) is 13.2. The average molecular weight is 684 g/mol. The molecule has 252 valence electrons. The van der Waals surface area contributed by atoms with Crippen molar-refractivity contribution < 1.29 is 38.1 Å². The van der Waals surface area contributed by atoms with Crippen molar-refractivity contribution >= 4 is 57.7 Å². The van der Waals surface area contributed by atoms with Gasteiger partial charge in [-0.25, -0.2) is 9.59 Å². The molecule has 3 amide bonds. The van der Waals surface area contributed by atoms with E-state index in [2.05, 4.69) is 10.6 Å². The molecule has 0 radical (unpaired) electrons. The molecule has 0 aliphatic carbocycles. The first-order chi connectivity index (χ1) is 22.4. The molecule has 2 N–H and O–H groups in total. The van der Waals surface area contributed by atoms with Crippen LogP contribution in [-0.2, 0) is 27.2 Å². The topological polar surface area (TPSA) is 132 Å². The van der Waals surface area contributed by atoms with Gasteiger partial charge in [0.15, 0.2) is 0 Å². The number of methoxy groups -OCH3 is 2. The van der Waals surface area contributed by atoms with Crippen LogP contribution in [0.2, 0.25) is 0 Å². The lowest BCUT2D eigenvalue weighted by Gasteiger charge is -2.30. The molecule has 0 bridgehead atoms. The predicted molar refractivity (Wildman–Crippen MR) is 183 cm³/mol. The Labute approximate surface area is 283 Å². The summed E-state index contributed by atoms with van der Waals surface area (Å²) in [6.07, 6.45) is 0.501. The molecular formula is C34H41N3O8S2. The van der Waals surface area contributed by atoms with Gasteiger partial charge in [-0.2, -0.15) is 0 Å². The Kier molecular flexibility index (Phi) is 11.8. The van der Waals surface area contributed by atoms with Crippen LogP contribution in [-0.4, -0.2) is 67.0 Å². The number of carbonyl (C=O) groups excluding carboxylic acids is 4. The van der Waals surface area contributed by atoms with Crippen LogP contribution in [0, 0.1) is 0 Å². The minimum absolute atomic E-state index is 0.186. The second kappa shape index (κ2) is 15.6. The van der Waals surface area contributed by atoms with Crippen LogP contribution in [0.25, 0.3) is 0 Å². The Hall–Kier alpha value is -4.23. The third-order valence-electron chi connectivity index (χ3n) is 7.11. The summed E-state index contributed by atoms with van der Waals surface area (Å²) >= 11 is 2.62. The van der Waals surface area contributed by atoms with E-state index in [1.807, 2.05) is 33.8 Å². The summed E-state index contributed by atoms with van der Waals surface area (Å²) in [4.78, 5) is 55.9. The molecule has 47 heavy (non-hydrogen) atoms. The van der Waals surface area contributed by atoms with Crippen LogP contribution < -0.4 is 20.1 Å². The van der Waals surface area contributed by atoms with Crippen LogP contribution in [0.1, 0.15) is 72.2 Å². The van der Waals surface area contributed by atoms with Crippen molar-refractivity contribution in [3.63, 3.8) is 0 Å². The highest BCUT2D eigenvalue weighted by Crippen LogP contribution is 2.39. The zero-order valence-electron chi connectivity index (χ0n) is 27.7. The summed E-state index contributed by atoms with van der Waals surface area (Å²) in [6, 6.07) is 12.3. The monoisotopic (exact) mass is 683 g/mol. The minimum atomic E-state index is -0.636. The van der Waals surface area contributed by atoms with E-state index in [9.17, 15) is 19.2 Å². The molecule has 1 unspecified atom stereocenters. The second-order valence-electron chi connectivity index (χ2n) is 11.6. The first-order valence-electron chi connectivity index (χ1n) is 15.3. The van der Waals surface area contributed by atoms with Crippen molar-refractivity contribution in [3.8, 4) is 11.5 Å². The number of anilines is 2. The number of thiophene rings is 1. The Balaban J connectivity index is 1.51. The quantitative estimate of drug-likeness (QED) is 0.162. The van der Waals surface area contributed by atoms with Gasteiger partial charge in [0.1, 0.15) is 27.7 Å². The number of nitrogens with one attached hydrogen (secondary N) is 2. The molecule has 2 aromatic carbocycles. The third kappa shape index (κ3) is 8.77. The fraction of sp³-hybridized carbons (Fsp3) is 0.412. The molecule has 13 heteroatoms. The number of carbonyl (C=O) groups is 4. The molecule has 2 heterocycles. The fourth-order valence-electron chi connectivity index (χ4n) is 4.99. The van der Waals surface area contributed by atoms with Crippen molar-refractivity contribution in [1.29, 1.82) is 0 Å². The number of nitrogens with zero attached hydrogens (tertiary/aromatic N) is 1. The van der Waals surface area contributed by atoms with E-state index in [1.54, 1.807) is 48.2 Å². The Morgan fingerprint density at radius 3 is 2.28 bits per heavy atom. The molecule has 3 aromatic rings. The Bertz CT molecular complexity index is 1610. The van der Waals surface area contributed by atoms with E-state index in [0.717, 1.165) is 15.3 Å². The lowest BCUT2D eigenvalue weighted by atomic mass is 10.0. The summed E-state index contributed by atoms with van der Waals surface area (Å²) < 4.78 is 21.6. The number of hydrogen-bond acceptors (Lipinski definition) is 10. The van der Waals surface area contributed by atoms with Crippen molar-refractivity contribution in [3.05, 3.63) is 64.0 Å². The Morgan fingerprint density at radius 2 is 1.66 bits per heavy atom. The van der Waals surface area contributed by atoms with Crippen molar-refractivity contribution in [2.75, 3.05) is 38.0 Å². The number of esters is 1. The van der Waals surface area contributed by atoms with E-state index in [1.165, 1.54) is 37.3 Å². The zero-order chi connectivity index (χ0) is 34.3. The predicted octanol–water partition coefficient (Wildman–Crippen LogP) is 7.00. The molecule has 0 fully saturated rings. The molecule has 4 rings (SSSR count). The van der Waals surface area contributed by atoms with Gasteiger partial charge in [0, 0.05) is 22.0 Å². The van der Waals surface area contributed by atoms with Crippen LogP contribution in [0.4, 0.5) is 15.5 Å². The molecule has 11 nitrogen and oxygen atoms in total. The van der Waals surface area contributed by atoms with Crippen molar-refractivity contribution in [2.24, 2.45) is 0 Å². The minimum Gasteiger partial charge on any atom is -0.496 e. The molecule has 0 saturated heterocycles. The van der Waals surface area contributed by atoms with E-state index >= 15 is 0 Å². The van der Waals surface area contributed by atoms with E-state index < -0.39 is 28.8 Å². The highest BCUT2D eigenvalue weighted by Gasteiger charge is 2.33. The third-order valence-corrected chi connectivity index (χ3v) is 9.60. The molecule has 1 aliphatic rings. The summed E-state index contributed by atoms with van der Waals surface area (Å²) in [5.74, 6) is -0.430. The summed E-state index contributed by atoms with van der Waals surface area (Å²) in [5.41, 5.74) is 1.28. The van der Waals surface area contributed by atoms with Gasteiger partial charge in [0.05, 0.1) is 38.2 Å². The van der Waals surface area contributed by atoms with Crippen LogP contribution in [0.5, 0.6) is 11.5 Å². The maximum atomic E-state index is 13.7. The van der Waals surface area contributed by atoms with E-state index in [4.69, 9.17) is 18.9 Å². The van der Waals surface area contributed by atoms with Gasteiger partial charge >= 0.3 is 12.1 Å². The first kappa shape index (κ1) is 35.6. The zero-order valence-corrected chi connectivity index (χ0v) is 29.3. The average Bonchev–Trinajstić information content (AvgIpc) is 3.39. The summed E-state index contributed by atoms with van der Waals surface area (Å²) in [7, 11) is 2.97. The number of amides is 3. The summed E-state index contributed by atoms with van der Waals surface area (Å²) in [5, 5.41) is 5.76. The first-order valence-corrected chi connectivity index (χ1v) is 17.0. The van der Waals surface area contributed by atoms with Gasteiger partial charge in [-0.3, -0.25) is 9.59 Å².